The van der Waals surface area contributed by atoms with Crippen LogP contribution in [0.15, 0.2) is 28.1 Å². The van der Waals surface area contributed by atoms with Crippen LogP contribution in [-0.2, 0) is 21.2 Å². The second kappa shape index (κ2) is 11.2. The molecule has 0 radical (unpaired) electrons. The fourth-order valence-electron chi connectivity index (χ4n) is 3.75. The summed E-state index contributed by atoms with van der Waals surface area (Å²) in [6.45, 7) is 3.46. The SMILES string of the molecule is CN=C(NCCNC(=O)CC1CCCCC1)NCc1ccc(S(C)(=O)=O)c(C)c1. The van der Waals surface area contributed by atoms with Crippen molar-refractivity contribution in [2.45, 2.75) is 56.9 Å². The van der Waals surface area contributed by atoms with Gasteiger partial charge in [-0.1, -0.05) is 31.4 Å². The van der Waals surface area contributed by atoms with Gasteiger partial charge in [0.05, 0.1) is 4.90 Å². The Labute approximate surface area is 174 Å². The minimum Gasteiger partial charge on any atom is -0.355 e. The van der Waals surface area contributed by atoms with Crippen LogP contribution in [0.4, 0.5) is 0 Å². The van der Waals surface area contributed by atoms with Gasteiger partial charge in [0.15, 0.2) is 15.8 Å². The van der Waals surface area contributed by atoms with Crippen LogP contribution in [0.25, 0.3) is 0 Å². The van der Waals surface area contributed by atoms with Gasteiger partial charge in [0.1, 0.15) is 0 Å². The minimum atomic E-state index is -3.21. The van der Waals surface area contributed by atoms with Crippen molar-refractivity contribution in [2.24, 2.45) is 10.9 Å². The summed E-state index contributed by atoms with van der Waals surface area (Å²) in [5.41, 5.74) is 1.70. The quantitative estimate of drug-likeness (QED) is 0.339. The van der Waals surface area contributed by atoms with Crippen molar-refractivity contribution < 1.29 is 13.2 Å². The number of guanidine groups is 1. The molecular weight excluding hydrogens is 388 g/mol. The minimum absolute atomic E-state index is 0.128. The first-order chi connectivity index (χ1) is 13.8. The van der Waals surface area contributed by atoms with Crippen molar-refractivity contribution in [3.63, 3.8) is 0 Å². The van der Waals surface area contributed by atoms with Crippen LogP contribution in [-0.4, -0.2) is 46.7 Å². The topological polar surface area (TPSA) is 99.7 Å². The summed E-state index contributed by atoms with van der Waals surface area (Å²) < 4.78 is 23.4. The molecule has 1 aromatic carbocycles. The predicted octanol–water partition coefficient (Wildman–Crippen LogP) is 2.15. The molecule has 1 aliphatic carbocycles. The van der Waals surface area contributed by atoms with Crippen LogP contribution < -0.4 is 16.0 Å². The Morgan fingerprint density at radius 3 is 2.41 bits per heavy atom. The smallest absolute Gasteiger partial charge is 0.220 e. The van der Waals surface area contributed by atoms with E-state index in [0.29, 0.717) is 42.8 Å². The molecule has 1 amide bonds. The van der Waals surface area contributed by atoms with E-state index < -0.39 is 9.84 Å². The molecule has 2 rings (SSSR count). The molecule has 1 aliphatic rings. The first kappa shape index (κ1) is 23.2. The maximum atomic E-state index is 12.0. The number of aliphatic imine (C=N–C) groups is 1. The highest BCUT2D eigenvalue weighted by Crippen LogP contribution is 2.25. The Hall–Kier alpha value is -2.09. The molecule has 3 N–H and O–H groups in total. The Morgan fingerprint density at radius 1 is 1.10 bits per heavy atom. The lowest BCUT2D eigenvalue weighted by Gasteiger charge is -2.20. The van der Waals surface area contributed by atoms with E-state index in [2.05, 4.69) is 20.9 Å². The predicted molar refractivity (Wildman–Crippen MR) is 117 cm³/mol. The molecule has 0 spiro atoms. The number of carbonyl (C=O) groups is 1. The summed E-state index contributed by atoms with van der Waals surface area (Å²) in [5, 5.41) is 9.35. The Morgan fingerprint density at radius 2 is 1.79 bits per heavy atom. The van der Waals surface area contributed by atoms with Gasteiger partial charge in [0.2, 0.25) is 5.91 Å². The van der Waals surface area contributed by atoms with Crippen LogP contribution in [0.2, 0.25) is 0 Å². The average Bonchev–Trinajstić information content (AvgIpc) is 2.67. The first-order valence-electron chi connectivity index (χ1n) is 10.3. The molecule has 0 bridgehead atoms. The number of hydrogen-bond donors (Lipinski definition) is 3. The zero-order valence-electron chi connectivity index (χ0n) is 17.8. The van der Waals surface area contributed by atoms with Crippen molar-refractivity contribution in [2.75, 3.05) is 26.4 Å². The number of hydrogen-bond acceptors (Lipinski definition) is 4. The fourth-order valence-corrected chi connectivity index (χ4v) is 4.71. The molecule has 1 aromatic rings. The number of carbonyl (C=O) groups excluding carboxylic acids is 1. The summed E-state index contributed by atoms with van der Waals surface area (Å²) in [6, 6.07) is 5.30. The highest BCUT2D eigenvalue weighted by atomic mass is 32.2. The van der Waals surface area contributed by atoms with Crippen LogP contribution in [0.3, 0.4) is 0 Å². The lowest BCUT2D eigenvalue weighted by molar-refractivity contribution is -0.122. The molecule has 1 saturated carbocycles. The van der Waals surface area contributed by atoms with E-state index in [1.54, 1.807) is 26.1 Å². The summed E-state index contributed by atoms with van der Waals surface area (Å²) in [5.74, 6) is 1.31. The molecule has 162 valence electrons. The van der Waals surface area contributed by atoms with Gasteiger partial charge < -0.3 is 16.0 Å². The molecular formula is C21H34N4O3S. The summed E-state index contributed by atoms with van der Waals surface area (Å²) in [7, 11) is -1.52. The van der Waals surface area contributed by atoms with Gasteiger partial charge in [-0.05, 0) is 42.9 Å². The van der Waals surface area contributed by atoms with Crippen LogP contribution in [0, 0.1) is 12.8 Å². The number of nitrogens with one attached hydrogen (secondary N) is 3. The molecule has 0 saturated heterocycles. The number of benzene rings is 1. The van der Waals surface area contributed by atoms with E-state index >= 15 is 0 Å². The van der Waals surface area contributed by atoms with Gasteiger partial charge in [0.25, 0.3) is 0 Å². The summed E-state index contributed by atoms with van der Waals surface area (Å²) in [6.07, 6.45) is 7.99. The van der Waals surface area contributed by atoms with Gasteiger partial charge in [-0.2, -0.15) is 0 Å². The van der Waals surface area contributed by atoms with Gasteiger partial charge in [-0.15, -0.1) is 0 Å². The van der Waals surface area contributed by atoms with E-state index in [4.69, 9.17) is 0 Å². The van der Waals surface area contributed by atoms with Crippen molar-refractivity contribution in [1.29, 1.82) is 0 Å². The lowest BCUT2D eigenvalue weighted by Crippen LogP contribution is -2.41. The normalized spacial score (nSPS) is 15.8. The molecule has 8 heteroatoms. The van der Waals surface area contributed by atoms with E-state index in [1.165, 1.54) is 38.4 Å². The number of nitrogens with zero attached hydrogens (tertiary/aromatic N) is 1. The van der Waals surface area contributed by atoms with E-state index in [9.17, 15) is 13.2 Å². The first-order valence-corrected chi connectivity index (χ1v) is 12.2. The molecule has 7 nitrogen and oxygen atoms in total. The molecule has 0 aromatic heterocycles. The van der Waals surface area contributed by atoms with Crippen LogP contribution >= 0.6 is 0 Å². The van der Waals surface area contributed by atoms with Gasteiger partial charge >= 0.3 is 0 Å². The van der Waals surface area contributed by atoms with Crippen molar-refractivity contribution in [1.82, 2.24) is 16.0 Å². The summed E-state index contributed by atoms with van der Waals surface area (Å²) >= 11 is 0. The van der Waals surface area contributed by atoms with Crippen LogP contribution in [0.1, 0.15) is 49.7 Å². The monoisotopic (exact) mass is 422 g/mol. The van der Waals surface area contributed by atoms with Gasteiger partial charge in [-0.25, -0.2) is 8.42 Å². The van der Waals surface area contributed by atoms with Crippen LogP contribution in [0.5, 0.6) is 0 Å². The highest BCUT2D eigenvalue weighted by Gasteiger charge is 2.16. The van der Waals surface area contributed by atoms with Crippen molar-refractivity contribution in [3.05, 3.63) is 29.3 Å². The third-order valence-electron chi connectivity index (χ3n) is 5.26. The molecule has 0 heterocycles. The zero-order chi connectivity index (χ0) is 21.3. The summed E-state index contributed by atoms with van der Waals surface area (Å²) in [4.78, 5) is 16.6. The Balaban J connectivity index is 1.70. The maximum Gasteiger partial charge on any atom is 0.220 e. The second-order valence-electron chi connectivity index (χ2n) is 7.78. The van der Waals surface area contributed by atoms with E-state index in [0.717, 1.165) is 11.1 Å². The molecule has 0 unspecified atom stereocenters. The largest absolute Gasteiger partial charge is 0.355 e. The third-order valence-corrected chi connectivity index (χ3v) is 6.52. The lowest BCUT2D eigenvalue weighted by atomic mass is 9.87. The molecule has 1 fully saturated rings. The maximum absolute atomic E-state index is 12.0. The Bertz CT molecular complexity index is 815. The fraction of sp³-hybridized carbons (Fsp3) is 0.619. The Kier molecular flexibility index (Phi) is 8.95. The second-order valence-corrected chi connectivity index (χ2v) is 9.77. The van der Waals surface area contributed by atoms with E-state index in [-0.39, 0.29) is 5.91 Å². The highest BCUT2D eigenvalue weighted by molar-refractivity contribution is 7.90. The average molecular weight is 423 g/mol. The molecule has 29 heavy (non-hydrogen) atoms. The van der Waals surface area contributed by atoms with Gasteiger partial charge in [0, 0.05) is 39.4 Å². The van der Waals surface area contributed by atoms with Gasteiger partial charge in [-0.3, -0.25) is 9.79 Å². The molecule has 0 aliphatic heterocycles. The number of amides is 1. The van der Waals surface area contributed by atoms with Crippen molar-refractivity contribution >= 4 is 21.7 Å². The van der Waals surface area contributed by atoms with E-state index in [1.807, 2.05) is 6.07 Å². The number of rotatable bonds is 8. The van der Waals surface area contributed by atoms with Crippen molar-refractivity contribution in [3.8, 4) is 0 Å². The third kappa shape index (κ3) is 8.04. The standard InChI is InChI=1S/C21H34N4O3S/c1-16-13-18(9-10-19(16)29(3,27)28)15-25-21(22-2)24-12-11-23-20(26)14-17-7-5-4-6-8-17/h9-10,13,17H,4-8,11-12,14-15H2,1-3H3,(H,23,26)(H2,22,24,25). The number of aryl methyl sites for hydroxylation is 1. The molecule has 0 atom stereocenters. The number of sulfone groups is 1. The zero-order valence-corrected chi connectivity index (χ0v) is 18.6.